The molecule has 1 aromatic heterocycles. The molecule has 0 aromatic carbocycles. The van der Waals surface area contributed by atoms with Gasteiger partial charge in [0.05, 0.1) is 5.69 Å². The van der Waals surface area contributed by atoms with Crippen LogP contribution in [0.1, 0.15) is 44.1 Å². The summed E-state index contributed by atoms with van der Waals surface area (Å²) in [6.45, 7) is 3.97. The molecule has 17 heavy (non-hydrogen) atoms. The van der Waals surface area contributed by atoms with Gasteiger partial charge in [-0.2, -0.15) is 4.39 Å². The zero-order valence-corrected chi connectivity index (χ0v) is 10.2. The first kappa shape index (κ1) is 12.2. The van der Waals surface area contributed by atoms with E-state index in [-0.39, 0.29) is 5.69 Å². The van der Waals surface area contributed by atoms with Crippen molar-refractivity contribution < 1.29 is 9.13 Å². The molecule has 0 unspecified atom stereocenters. The number of hydrogen-bond donors (Lipinski definition) is 1. The van der Waals surface area contributed by atoms with Gasteiger partial charge in [-0.05, 0) is 39.5 Å². The Bertz CT molecular complexity index is 464. The summed E-state index contributed by atoms with van der Waals surface area (Å²) in [5.41, 5.74) is -1.10. The fraction of sp³-hybridized carbons (Fsp3) is 0.667. The van der Waals surface area contributed by atoms with Gasteiger partial charge in [0.25, 0.3) is 5.56 Å². The summed E-state index contributed by atoms with van der Waals surface area (Å²) < 4.78 is 19.0. The summed E-state index contributed by atoms with van der Waals surface area (Å²) in [5, 5.41) is 0. The number of rotatable bonds is 3. The molecule has 0 atom stereocenters. The van der Waals surface area contributed by atoms with Crippen molar-refractivity contribution >= 4 is 0 Å². The molecule has 0 spiro atoms. The molecule has 94 valence electrons. The maximum Gasteiger partial charge on any atom is 0.287 e. The second-order valence-electron chi connectivity index (χ2n) is 4.45. The third-order valence-electron chi connectivity index (χ3n) is 3.29. The van der Waals surface area contributed by atoms with Crippen LogP contribution < -0.4 is 5.56 Å². The molecule has 1 saturated carbocycles. The van der Waals surface area contributed by atoms with Gasteiger partial charge in [-0.3, -0.25) is 4.79 Å². The fourth-order valence-corrected chi connectivity index (χ4v) is 2.46. The minimum absolute atomic E-state index is 0.134. The lowest BCUT2D eigenvalue weighted by Gasteiger charge is -2.27. The third kappa shape index (κ3) is 2.11. The van der Waals surface area contributed by atoms with E-state index in [4.69, 9.17) is 4.74 Å². The summed E-state index contributed by atoms with van der Waals surface area (Å²) >= 11 is 0. The monoisotopic (exact) mass is 240 g/mol. The Morgan fingerprint density at radius 3 is 2.65 bits per heavy atom. The van der Waals surface area contributed by atoms with Gasteiger partial charge in [-0.15, -0.1) is 0 Å². The van der Waals surface area contributed by atoms with Crippen LogP contribution >= 0.6 is 0 Å². The lowest BCUT2D eigenvalue weighted by atomic mass is 10.0. The molecule has 1 aliphatic rings. The molecule has 0 saturated heterocycles. The highest BCUT2D eigenvalue weighted by molar-refractivity contribution is 5.11. The van der Waals surface area contributed by atoms with Gasteiger partial charge < -0.3 is 9.72 Å². The lowest BCUT2D eigenvalue weighted by Crippen LogP contribution is -2.32. The van der Waals surface area contributed by atoms with Crippen molar-refractivity contribution in [1.29, 1.82) is 0 Å². The van der Waals surface area contributed by atoms with Crippen LogP contribution in [0, 0.1) is 12.7 Å². The van der Waals surface area contributed by atoms with Crippen molar-refractivity contribution in [2.45, 2.75) is 45.1 Å². The summed E-state index contributed by atoms with van der Waals surface area (Å²) in [7, 11) is 0. The molecule has 0 bridgehead atoms. The third-order valence-corrected chi connectivity index (χ3v) is 3.29. The van der Waals surface area contributed by atoms with Gasteiger partial charge in [0, 0.05) is 6.61 Å². The molecular weight excluding hydrogens is 223 g/mol. The first-order valence-electron chi connectivity index (χ1n) is 6.00. The number of H-pyrrole nitrogens is 1. The predicted molar refractivity (Wildman–Crippen MR) is 61.3 cm³/mol. The quantitative estimate of drug-likeness (QED) is 0.879. The minimum Gasteiger partial charge on any atom is -0.367 e. The van der Waals surface area contributed by atoms with Crippen molar-refractivity contribution in [3.63, 3.8) is 0 Å². The topological polar surface area (TPSA) is 55.0 Å². The van der Waals surface area contributed by atoms with Crippen LogP contribution in [0.3, 0.4) is 0 Å². The van der Waals surface area contributed by atoms with Crippen LogP contribution in [-0.4, -0.2) is 16.6 Å². The van der Waals surface area contributed by atoms with E-state index in [0.29, 0.717) is 12.4 Å². The number of aryl methyl sites for hydroxylation is 1. The van der Waals surface area contributed by atoms with E-state index < -0.39 is 17.0 Å². The number of nitrogens with one attached hydrogen (secondary N) is 1. The Kier molecular flexibility index (Phi) is 3.28. The molecule has 0 amide bonds. The number of aromatic nitrogens is 2. The highest BCUT2D eigenvalue weighted by atomic mass is 19.1. The molecule has 1 fully saturated rings. The zero-order valence-electron chi connectivity index (χ0n) is 10.2. The Labute approximate surface area is 99.2 Å². The summed E-state index contributed by atoms with van der Waals surface area (Å²) in [6, 6.07) is 0. The first-order valence-corrected chi connectivity index (χ1v) is 6.00. The number of halogens is 1. The van der Waals surface area contributed by atoms with E-state index in [2.05, 4.69) is 9.97 Å². The van der Waals surface area contributed by atoms with Crippen LogP contribution in [0.2, 0.25) is 0 Å². The Morgan fingerprint density at radius 2 is 2.12 bits per heavy atom. The normalized spacial score (nSPS) is 18.5. The number of nitrogens with zero attached hydrogens (tertiary/aromatic N) is 1. The van der Waals surface area contributed by atoms with Gasteiger partial charge in [-0.25, -0.2) is 4.98 Å². The van der Waals surface area contributed by atoms with E-state index >= 15 is 0 Å². The molecule has 1 heterocycles. The van der Waals surface area contributed by atoms with Gasteiger partial charge in [0.2, 0.25) is 5.82 Å². The Hall–Kier alpha value is -1.23. The predicted octanol–water partition coefficient (Wildman–Crippen LogP) is 2.02. The molecule has 2 rings (SSSR count). The lowest BCUT2D eigenvalue weighted by molar-refractivity contribution is -0.0461. The zero-order chi connectivity index (χ0) is 12.5. The standard InChI is InChI=1S/C12H17FN2O2/c1-3-17-12(6-4-5-7-12)11-14-8(2)9(13)10(16)15-11/h3-7H2,1-2H3,(H,14,15,16). The molecule has 0 radical (unpaired) electrons. The number of hydrogen-bond acceptors (Lipinski definition) is 3. The van der Waals surface area contributed by atoms with E-state index in [9.17, 15) is 9.18 Å². The fourth-order valence-electron chi connectivity index (χ4n) is 2.46. The van der Waals surface area contributed by atoms with Crippen molar-refractivity contribution in [1.82, 2.24) is 9.97 Å². The van der Waals surface area contributed by atoms with Crippen molar-refractivity contribution in [3.05, 3.63) is 27.7 Å². The average Bonchev–Trinajstić information content (AvgIpc) is 2.75. The molecule has 1 N–H and O–H groups in total. The van der Waals surface area contributed by atoms with Crippen LogP contribution in [0.5, 0.6) is 0 Å². The van der Waals surface area contributed by atoms with E-state index in [1.807, 2.05) is 6.92 Å². The number of ether oxygens (including phenoxy) is 1. The minimum atomic E-state index is -0.807. The highest BCUT2D eigenvalue weighted by Gasteiger charge is 2.39. The second-order valence-corrected chi connectivity index (χ2v) is 4.45. The molecule has 5 heteroatoms. The summed E-state index contributed by atoms with van der Waals surface area (Å²) in [6.07, 6.45) is 3.74. The summed E-state index contributed by atoms with van der Waals surface area (Å²) in [4.78, 5) is 18.1. The number of aromatic amines is 1. The SMILES string of the molecule is CCOC1(c2nc(C)c(F)c(=O)[nH]2)CCCC1. The van der Waals surface area contributed by atoms with Crippen molar-refractivity contribution in [2.75, 3.05) is 6.61 Å². The van der Waals surface area contributed by atoms with Crippen LogP contribution in [0.15, 0.2) is 4.79 Å². The van der Waals surface area contributed by atoms with Crippen molar-refractivity contribution in [3.8, 4) is 0 Å². The average molecular weight is 240 g/mol. The maximum atomic E-state index is 13.3. The van der Waals surface area contributed by atoms with E-state index in [1.165, 1.54) is 6.92 Å². The highest BCUT2D eigenvalue weighted by Crippen LogP contribution is 2.40. The van der Waals surface area contributed by atoms with Crippen LogP contribution in [0.25, 0.3) is 0 Å². The van der Waals surface area contributed by atoms with Gasteiger partial charge in [0.15, 0.2) is 0 Å². The molecule has 0 aliphatic heterocycles. The molecule has 4 nitrogen and oxygen atoms in total. The molecule has 1 aromatic rings. The van der Waals surface area contributed by atoms with Gasteiger partial charge in [-0.1, -0.05) is 0 Å². The summed E-state index contributed by atoms with van der Waals surface area (Å²) in [5.74, 6) is -0.334. The van der Waals surface area contributed by atoms with Crippen LogP contribution in [-0.2, 0) is 10.3 Å². The van der Waals surface area contributed by atoms with E-state index in [1.54, 1.807) is 0 Å². The smallest absolute Gasteiger partial charge is 0.287 e. The Balaban J connectivity index is 2.47. The van der Waals surface area contributed by atoms with Crippen LogP contribution in [0.4, 0.5) is 4.39 Å². The maximum absolute atomic E-state index is 13.3. The molecule has 1 aliphatic carbocycles. The molecular formula is C12H17FN2O2. The van der Waals surface area contributed by atoms with E-state index in [0.717, 1.165) is 25.7 Å². The first-order chi connectivity index (χ1) is 8.09. The largest absolute Gasteiger partial charge is 0.367 e. The second kappa shape index (κ2) is 4.56. The Morgan fingerprint density at radius 1 is 1.47 bits per heavy atom. The van der Waals surface area contributed by atoms with Crippen molar-refractivity contribution in [2.24, 2.45) is 0 Å². The van der Waals surface area contributed by atoms with Gasteiger partial charge >= 0.3 is 0 Å². The van der Waals surface area contributed by atoms with Gasteiger partial charge in [0.1, 0.15) is 11.4 Å².